The number of hydrogen-bond donors (Lipinski definition) is 1. The second kappa shape index (κ2) is 8.91. The fourth-order valence-electron chi connectivity index (χ4n) is 2.94. The van der Waals surface area contributed by atoms with Crippen LogP contribution in [0.3, 0.4) is 0 Å². The normalized spacial score (nSPS) is 10.9. The van der Waals surface area contributed by atoms with Crippen molar-refractivity contribution in [3.05, 3.63) is 77.9 Å². The summed E-state index contributed by atoms with van der Waals surface area (Å²) in [5.74, 6) is 2.72. The Balaban J connectivity index is 1.63. The van der Waals surface area contributed by atoms with Crippen molar-refractivity contribution >= 4 is 23.7 Å². The molecule has 9 heteroatoms. The van der Waals surface area contributed by atoms with Crippen LogP contribution in [-0.4, -0.2) is 43.8 Å². The third-order valence-electron chi connectivity index (χ3n) is 4.34. The molecular formula is C21H22N8S. The summed E-state index contributed by atoms with van der Waals surface area (Å²) in [6.07, 6.45) is 0.687. The van der Waals surface area contributed by atoms with Crippen molar-refractivity contribution in [1.29, 1.82) is 0 Å². The lowest BCUT2D eigenvalue weighted by molar-refractivity contribution is 0.845. The average Bonchev–Trinajstić information content (AvgIpc) is 3.15. The standard InChI is InChI=1S/C21H22N8S/c1-28(2)20-24-17(23-19(22)25-20)14-30-21-27-26-18(13-15-9-5-3-6-10-15)29(21)16-11-7-4-8-12-16/h3-12H,13-14H2,1-2H3,(H2,22,23,24,25). The number of nitrogen functional groups attached to an aromatic ring is 1. The van der Waals surface area contributed by atoms with Gasteiger partial charge < -0.3 is 10.6 Å². The predicted octanol–water partition coefficient (Wildman–Crippen LogP) is 2.98. The van der Waals surface area contributed by atoms with Crippen LogP contribution >= 0.6 is 11.8 Å². The molecule has 4 aromatic rings. The minimum atomic E-state index is 0.207. The molecule has 0 amide bonds. The fraction of sp³-hybridized carbons (Fsp3) is 0.190. The minimum Gasteiger partial charge on any atom is -0.368 e. The summed E-state index contributed by atoms with van der Waals surface area (Å²) in [4.78, 5) is 14.7. The van der Waals surface area contributed by atoms with E-state index in [-0.39, 0.29) is 5.95 Å². The molecule has 8 nitrogen and oxygen atoms in total. The van der Waals surface area contributed by atoms with Gasteiger partial charge in [-0.3, -0.25) is 4.57 Å². The van der Waals surface area contributed by atoms with Crippen LogP contribution in [0.5, 0.6) is 0 Å². The van der Waals surface area contributed by atoms with Crippen molar-refractivity contribution in [3.8, 4) is 5.69 Å². The Kier molecular flexibility index (Phi) is 5.89. The number of thioether (sulfide) groups is 1. The minimum absolute atomic E-state index is 0.207. The van der Waals surface area contributed by atoms with E-state index in [0.29, 0.717) is 23.9 Å². The maximum absolute atomic E-state index is 5.85. The third kappa shape index (κ3) is 4.57. The van der Waals surface area contributed by atoms with Gasteiger partial charge in [-0.25, -0.2) is 0 Å². The number of hydrogen-bond acceptors (Lipinski definition) is 8. The average molecular weight is 419 g/mol. The van der Waals surface area contributed by atoms with E-state index in [1.165, 1.54) is 17.3 Å². The summed E-state index contributed by atoms with van der Waals surface area (Å²) in [5.41, 5.74) is 8.04. The topological polar surface area (TPSA) is 98.6 Å². The summed E-state index contributed by atoms with van der Waals surface area (Å²) in [6.45, 7) is 0. The van der Waals surface area contributed by atoms with Gasteiger partial charge in [-0.15, -0.1) is 10.2 Å². The number of anilines is 2. The van der Waals surface area contributed by atoms with Crippen LogP contribution in [0.2, 0.25) is 0 Å². The Morgan fingerprint density at radius 1 is 0.900 bits per heavy atom. The molecular weight excluding hydrogens is 396 g/mol. The molecule has 0 saturated carbocycles. The molecule has 2 aromatic carbocycles. The van der Waals surface area contributed by atoms with Gasteiger partial charge >= 0.3 is 0 Å². The Hall–Kier alpha value is -3.46. The zero-order valence-corrected chi connectivity index (χ0v) is 17.6. The summed E-state index contributed by atoms with van der Waals surface area (Å²) in [7, 11) is 3.74. The van der Waals surface area contributed by atoms with E-state index in [9.17, 15) is 0 Å². The van der Waals surface area contributed by atoms with Crippen molar-refractivity contribution in [2.45, 2.75) is 17.3 Å². The van der Waals surface area contributed by atoms with Crippen LogP contribution < -0.4 is 10.6 Å². The highest BCUT2D eigenvalue weighted by atomic mass is 32.2. The van der Waals surface area contributed by atoms with E-state index in [2.05, 4.69) is 41.8 Å². The van der Waals surface area contributed by atoms with Gasteiger partial charge in [0.1, 0.15) is 11.6 Å². The van der Waals surface area contributed by atoms with Crippen molar-refractivity contribution < 1.29 is 0 Å². The van der Waals surface area contributed by atoms with Crippen LogP contribution in [0.1, 0.15) is 17.2 Å². The van der Waals surface area contributed by atoms with Gasteiger partial charge in [0.2, 0.25) is 11.9 Å². The van der Waals surface area contributed by atoms with Crippen molar-refractivity contribution in [1.82, 2.24) is 29.7 Å². The van der Waals surface area contributed by atoms with Crippen molar-refractivity contribution in [2.24, 2.45) is 0 Å². The smallest absolute Gasteiger partial charge is 0.229 e. The van der Waals surface area contributed by atoms with Gasteiger partial charge in [0.25, 0.3) is 0 Å². The Bertz CT molecular complexity index is 1110. The lowest BCUT2D eigenvalue weighted by atomic mass is 10.1. The molecule has 30 heavy (non-hydrogen) atoms. The molecule has 0 aliphatic heterocycles. The molecule has 0 aliphatic rings. The number of aromatic nitrogens is 6. The van der Waals surface area contributed by atoms with Crippen LogP contribution in [0.25, 0.3) is 5.69 Å². The number of benzene rings is 2. The molecule has 2 aromatic heterocycles. The van der Waals surface area contributed by atoms with E-state index in [1.807, 2.05) is 62.6 Å². The first-order valence-corrected chi connectivity index (χ1v) is 10.4. The molecule has 0 atom stereocenters. The SMILES string of the molecule is CN(C)c1nc(N)nc(CSc2nnc(Cc3ccccc3)n2-c2ccccc2)n1. The first-order valence-electron chi connectivity index (χ1n) is 9.44. The molecule has 0 aliphatic carbocycles. The molecule has 0 saturated heterocycles. The molecule has 0 spiro atoms. The molecule has 152 valence electrons. The predicted molar refractivity (Wildman–Crippen MR) is 119 cm³/mol. The van der Waals surface area contributed by atoms with Gasteiger partial charge in [0.15, 0.2) is 5.16 Å². The first-order chi connectivity index (χ1) is 14.6. The maximum Gasteiger partial charge on any atom is 0.229 e. The summed E-state index contributed by atoms with van der Waals surface area (Å²) >= 11 is 1.52. The zero-order chi connectivity index (χ0) is 20.9. The highest BCUT2D eigenvalue weighted by Gasteiger charge is 2.16. The molecule has 2 N–H and O–H groups in total. The largest absolute Gasteiger partial charge is 0.368 e. The van der Waals surface area contributed by atoms with Crippen molar-refractivity contribution in [3.63, 3.8) is 0 Å². The van der Waals surface area contributed by atoms with Gasteiger partial charge in [-0.2, -0.15) is 15.0 Å². The van der Waals surface area contributed by atoms with Gasteiger partial charge in [0, 0.05) is 26.2 Å². The van der Waals surface area contributed by atoms with Gasteiger partial charge in [0.05, 0.1) is 5.75 Å². The highest BCUT2D eigenvalue weighted by Crippen LogP contribution is 2.26. The van der Waals surface area contributed by atoms with Crippen molar-refractivity contribution in [2.75, 3.05) is 24.7 Å². The lowest BCUT2D eigenvalue weighted by Crippen LogP contribution is -2.16. The van der Waals surface area contributed by atoms with E-state index < -0.39 is 0 Å². The Morgan fingerprint density at radius 3 is 2.30 bits per heavy atom. The number of para-hydroxylation sites is 1. The van der Waals surface area contributed by atoms with E-state index in [4.69, 9.17) is 5.73 Å². The zero-order valence-electron chi connectivity index (χ0n) is 16.8. The summed E-state index contributed by atoms with van der Waals surface area (Å²) < 4.78 is 2.08. The number of nitrogens with zero attached hydrogens (tertiary/aromatic N) is 7. The van der Waals surface area contributed by atoms with E-state index >= 15 is 0 Å². The Morgan fingerprint density at radius 2 is 1.60 bits per heavy atom. The number of nitrogens with two attached hydrogens (primary N) is 1. The first kappa shape index (κ1) is 19.8. The van der Waals surface area contributed by atoms with Gasteiger partial charge in [-0.1, -0.05) is 60.3 Å². The second-order valence-electron chi connectivity index (χ2n) is 6.83. The fourth-order valence-corrected chi connectivity index (χ4v) is 3.77. The molecule has 0 bridgehead atoms. The maximum atomic E-state index is 5.85. The van der Waals surface area contributed by atoms with E-state index in [1.54, 1.807) is 4.90 Å². The van der Waals surface area contributed by atoms with Crippen LogP contribution in [0.4, 0.5) is 11.9 Å². The second-order valence-corrected chi connectivity index (χ2v) is 7.77. The lowest BCUT2D eigenvalue weighted by Gasteiger charge is -2.12. The van der Waals surface area contributed by atoms with Crippen LogP contribution in [0, 0.1) is 0 Å². The summed E-state index contributed by atoms with van der Waals surface area (Å²) in [5, 5.41) is 9.69. The van der Waals surface area contributed by atoms with Gasteiger partial charge in [-0.05, 0) is 17.7 Å². The Labute approximate surface area is 179 Å². The van der Waals surface area contributed by atoms with E-state index in [0.717, 1.165) is 16.7 Å². The molecule has 4 rings (SSSR count). The number of rotatable bonds is 7. The monoisotopic (exact) mass is 418 g/mol. The quantitative estimate of drug-likeness (QED) is 0.457. The molecule has 0 unspecified atom stereocenters. The molecule has 0 fully saturated rings. The molecule has 2 heterocycles. The third-order valence-corrected chi connectivity index (χ3v) is 5.26. The van der Waals surface area contributed by atoms with Crippen LogP contribution in [-0.2, 0) is 12.2 Å². The summed E-state index contributed by atoms with van der Waals surface area (Å²) in [6, 6.07) is 20.4. The van der Waals surface area contributed by atoms with Crippen LogP contribution in [0.15, 0.2) is 65.8 Å². The highest BCUT2D eigenvalue weighted by molar-refractivity contribution is 7.98. The molecule has 0 radical (unpaired) electrons.